The van der Waals surface area contributed by atoms with E-state index in [1.807, 2.05) is 0 Å². The lowest BCUT2D eigenvalue weighted by molar-refractivity contribution is -0.384. The Kier molecular flexibility index (Phi) is 4.42. The van der Waals surface area contributed by atoms with Gasteiger partial charge < -0.3 is 10.3 Å². The Morgan fingerprint density at radius 2 is 2.18 bits per heavy atom. The van der Waals surface area contributed by atoms with Gasteiger partial charge in [0.1, 0.15) is 11.4 Å². The van der Waals surface area contributed by atoms with Crippen molar-refractivity contribution in [2.75, 3.05) is 7.05 Å². The zero-order valence-electron chi connectivity index (χ0n) is 11.6. The number of H-pyrrole nitrogens is 1. The first kappa shape index (κ1) is 15.1. The van der Waals surface area contributed by atoms with Gasteiger partial charge in [0.05, 0.1) is 4.92 Å². The van der Waals surface area contributed by atoms with Crippen LogP contribution in [0.2, 0.25) is 0 Å². The molecule has 22 heavy (non-hydrogen) atoms. The lowest BCUT2D eigenvalue weighted by Crippen LogP contribution is -2.27. The second kappa shape index (κ2) is 6.44. The molecule has 2 aromatic rings. The van der Waals surface area contributed by atoms with Crippen molar-refractivity contribution in [3.8, 4) is 0 Å². The fourth-order valence-electron chi connectivity index (χ4n) is 1.71. The number of carbonyl (C=O) groups is 1. The molecule has 0 spiro atoms. The third-order valence-electron chi connectivity index (χ3n) is 2.81. The Labute approximate surface area is 124 Å². The predicted molar refractivity (Wildman–Crippen MR) is 80.3 cm³/mol. The van der Waals surface area contributed by atoms with Crippen LogP contribution < -0.4 is 10.9 Å². The molecule has 1 amide bonds. The van der Waals surface area contributed by atoms with E-state index in [1.165, 1.54) is 31.5 Å². The van der Waals surface area contributed by atoms with Gasteiger partial charge in [-0.25, -0.2) is 4.98 Å². The quantitative estimate of drug-likeness (QED) is 0.650. The average molecular weight is 300 g/mol. The van der Waals surface area contributed by atoms with Crippen molar-refractivity contribution in [3.63, 3.8) is 0 Å². The van der Waals surface area contributed by atoms with E-state index < -0.39 is 16.4 Å². The first-order chi connectivity index (χ1) is 10.5. The molecule has 0 aliphatic heterocycles. The summed E-state index contributed by atoms with van der Waals surface area (Å²) in [6.07, 6.45) is 4.24. The van der Waals surface area contributed by atoms with Gasteiger partial charge in [-0.15, -0.1) is 0 Å². The maximum Gasteiger partial charge on any atom is 0.270 e. The van der Waals surface area contributed by atoms with Crippen molar-refractivity contribution < 1.29 is 9.72 Å². The van der Waals surface area contributed by atoms with Crippen LogP contribution in [0.25, 0.3) is 12.2 Å². The summed E-state index contributed by atoms with van der Waals surface area (Å²) in [4.78, 5) is 39.7. The van der Waals surface area contributed by atoms with E-state index in [0.29, 0.717) is 5.56 Å². The van der Waals surface area contributed by atoms with E-state index in [9.17, 15) is 19.7 Å². The van der Waals surface area contributed by atoms with Gasteiger partial charge >= 0.3 is 0 Å². The van der Waals surface area contributed by atoms with Gasteiger partial charge in [0.2, 0.25) is 0 Å². The standard InChI is InChI=1S/C14H12N4O4/c1-15-13(19)11-8-16-12(17-14(11)20)6-5-9-3-2-4-10(7-9)18(21)22/h2-8H,1H3,(H,15,19)(H,16,17,20)/b6-5+. The van der Waals surface area contributed by atoms with Crippen LogP contribution in [0.15, 0.2) is 35.3 Å². The number of nitrogens with one attached hydrogen (secondary N) is 2. The highest BCUT2D eigenvalue weighted by atomic mass is 16.6. The molecule has 2 rings (SSSR count). The van der Waals surface area contributed by atoms with Gasteiger partial charge in [-0.1, -0.05) is 18.2 Å². The second-order valence-corrected chi connectivity index (χ2v) is 4.28. The molecule has 2 N–H and O–H groups in total. The summed E-state index contributed by atoms with van der Waals surface area (Å²) >= 11 is 0. The number of nitro benzene ring substituents is 1. The molecule has 112 valence electrons. The molecule has 0 atom stereocenters. The van der Waals surface area contributed by atoms with Crippen molar-refractivity contribution in [3.05, 3.63) is 67.9 Å². The van der Waals surface area contributed by atoms with Crippen LogP contribution >= 0.6 is 0 Å². The average Bonchev–Trinajstić information content (AvgIpc) is 2.52. The van der Waals surface area contributed by atoms with Crippen molar-refractivity contribution in [2.24, 2.45) is 0 Å². The smallest absolute Gasteiger partial charge is 0.270 e. The molecule has 0 radical (unpaired) electrons. The van der Waals surface area contributed by atoms with Crippen LogP contribution in [0, 0.1) is 10.1 Å². The molecule has 0 aliphatic carbocycles. The minimum absolute atomic E-state index is 0.0291. The summed E-state index contributed by atoms with van der Waals surface area (Å²) in [6, 6.07) is 6.02. The third-order valence-corrected chi connectivity index (χ3v) is 2.81. The van der Waals surface area contributed by atoms with Crippen molar-refractivity contribution >= 4 is 23.7 Å². The first-order valence-corrected chi connectivity index (χ1v) is 6.25. The topological polar surface area (TPSA) is 118 Å². The Morgan fingerprint density at radius 1 is 1.41 bits per heavy atom. The highest BCUT2D eigenvalue weighted by Gasteiger charge is 2.09. The van der Waals surface area contributed by atoms with Crippen LogP contribution in [-0.2, 0) is 0 Å². The Bertz CT molecular complexity index is 810. The SMILES string of the molecule is CNC(=O)c1cnc(/C=C/c2cccc([N+](=O)[O-])c2)[nH]c1=O. The summed E-state index contributed by atoms with van der Waals surface area (Å²) < 4.78 is 0. The van der Waals surface area contributed by atoms with Crippen LogP contribution in [0.1, 0.15) is 21.7 Å². The van der Waals surface area contributed by atoms with Gasteiger partial charge in [0.15, 0.2) is 0 Å². The molecule has 0 aliphatic rings. The molecule has 0 unspecified atom stereocenters. The van der Waals surface area contributed by atoms with E-state index >= 15 is 0 Å². The number of nitrogens with zero attached hydrogens (tertiary/aromatic N) is 2. The number of benzene rings is 1. The summed E-state index contributed by atoms with van der Waals surface area (Å²) in [5.41, 5.74) is -0.0890. The predicted octanol–water partition coefficient (Wildman–Crippen LogP) is 1.21. The molecule has 0 bridgehead atoms. The lowest BCUT2D eigenvalue weighted by Gasteiger charge is -1.99. The third kappa shape index (κ3) is 3.42. The summed E-state index contributed by atoms with van der Waals surface area (Å²) in [7, 11) is 1.41. The number of carbonyl (C=O) groups excluding carboxylic acids is 1. The Hall–Kier alpha value is -3.29. The van der Waals surface area contributed by atoms with Crippen LogP contribution in [0.5, 0.6) is 0 Å². The van der Waals surface area contributed by atoms with Crippen LogP contribution in [0.3, 0.4) is 0 Å². The van der Waals surface area contributed by atoms with Crippen molar-refractivity contribution in [1.82, 2.24) is 15.3 Å². The maximum absolute atomic E-state index is 11.7. The molecule has 1 aromatic heterocycles. The van der Waals surface area contributed by atoms with Crippen LogP contribution in [0.4, 0.5) is 5.69 Å². The van der Waals surface area contributed by atoms with Gasteiger partial charge in [-0.2, -0.15) is 0 Å². The number of rotatable bonds is 4. The second-order valence-electron chi connectivity index (χ2n) is 4.28. The largest absolute Gasteiger partial charge is 0.355 e. The van der Waals surface area contributed by atoms with Gasteiger partial charge in [-0.3, -0.25) is 19.7 Å². The van der Waals surface area contributed by atoms with Gasteiger partial charge in [0, 0.05) is 25.4 Å². The normalized spacial score (nSPS) is 10.6. The molecular weight excluding hydrogens is 288 g/mol. The van der Waals surface area contributed by atoms with Crippen molar-refractivity contribution in [1.29, 1.82) is 0 Å². The highest BCUT2D eigenvalue weighted by molar-refractivity contribution is 5.93. The fourth-order valence-corrected chi connectivity index (χ4v) is 1.71. The molecule has 0 fully saturated rings. The van der Waals surface area contributed by atoms with Crippen molar-refractivity contribution in [2.45, 2.75) is 0 Å². The van der Waals surface area contributed by atoms with Gasteiger partial charge in [-0.05, 0) is 11.6 Å². The Balaban J connectivity index is 2.25. The van der Waals surface area contributed by atoms with Gasteiger partial charge in [0.25, 0.3) is 17.2 Å². The zero-order chi connectivity index (χ0) is 16.1. The minimum Gasteiger partial charge on any atom is -0.355 e. The molecule has 8 heteroatoms. The first-order valence-electron chi connectivity index (χ1n) is 6.25. The Morgan fingerprint density at radius 3 is 2.82 bits per heavy atom. The number of hydrogen-bond donors (Lipinski definition) is 2. The monoisotopic (exact) mass is 300 g/mol. The van der Waals surface area contributed by atoms with E-state index in [4.69, 9.17) is 0 Å². The zero-order valence-corrected chi connectivity index (χ0v) is 11.6. The molecule has 1 aromatic carbocycles. The molecular formula is C14H12N4O4. The minimum atomic E-state index is -0.562. The summed E-state index contributed by atoms with van der Waals surface area (Å²) in [5.74, 6) is -0.285. The maximum atomic E-state index is 11.7. The number of aromatic amines is 1. The highest BCUT2D eigenvalue weighted by Crippen LogP contribution is 2.14. The fraction of sp³-hybridized carbons (Fsp3) is 0.0714. The number of nitro groups is 1. The number of amides is 1. The number of aromatic nitrogens is 2. The molecule has 0 saturated heterocycles. The lowest BCUT2D eigenvalue weighted by atomic mass is 10.2. The van der Waals surface area contributed by atoms with E-state index in [2.05, 4.69) is 15.3 Å². The molecule has 8 nitrogen and oxygen atoms in total. The molecule has 0 saturated carbocycles. The number of hydrogen-bond acceptors (Lipinski definition) is 5. The van der Waals surface area contributed by atoms with E-state index in [0.717, 1.165) is 0 Å². The summed E-state index contributed by atoms with van der Waals surface area (Å²) in [6.45, 7) is 0. The van der Waals surface area contributed by atoms with Crippen LogP contribution in [-0.4, -0.2) is 27.8 Å². The summed E-state index contributed by atoms with van der Waals surface area (Å²) in [5, 5.41) is 13.0. The van der Waals surface area contributed by atoms with E-state index in [-0.39, 0.29) is 17.1 Å². The number of non-ortho nitro benzene ring substituents is 1. The molecule has 1 heterocycles. The van der Waals surface area contributed by atoms with E-state index in [1.54, 1.807) is 18.2 Å².